The first-order valence-electron chi connectivity index (χ1n) is 5.38. The van der Waals surface area contributed by atoms with Crippen LogP contribution in [0.2, 0.25) is 0 Å². The molecule has 3 nitrogen and oxygen atoms in total. The third-order valence-corrected chi connectivity index (χ3v) is 2.05. The van der Waals surface area contributed by atoms with Gasteiger partial charge in [0.1, 0.15) is 11.6 Å². The van der Waals surface area contributed by atoms with Crippen molar-refractivity contribution < 1.29 is 9.53 Å². The summed E-state index contributed by atoms with van der Waals surface area (Å²) in [6, 6.07) is 1.86. The van der Waals surface area contributed by atoms with Crippen molar-refractivity contribution in [1.29, 1.82) is 5.26 Å². The molecule has 0 spiro atoms. The van der Waals surface area contributed by atoms with Crippen LogP contribution in [0.3, 0.4) is 0 Å². The fraction of sp³-hybridized carbons (Fsp3) is 0.667. The average molecular weight is 209 g/mol. The first-order chi connectivity index (χ1) is 7.13. The molecule has 0 saturated heterocycles. The number of esters is 1. The van der Waals surface area contributed by atoms with Gasteiger partial charge in [0.15, 0.2) is 0 Å². The second-order valence-corrected chi connectivity index (χ2v) is 3.68. The van der Waals surface area contributed by atoms with Crippen molar-refractivity contribution in [3.63, 3.8) is 0 Å². The number of hydrogen-bond donors (Lipinski definition) is 0. The Morgan fingerprint density at radius 1 is 1.27 bits per heavy atom. The van der Waals surface area contributed by atoms with Crippen LogP contribution >= 0.6 is 0 Å². The summed E-state index contributed by atoms with van der Waals surface area (Å²) in [7, 11) is 0. The number of hydrogen-bond acceptors (Lipinski definition) is 3. The molecule has 0 aromatic heterocycles. The topological polar surface area (TPSA) is 50.1 Å². The van der Waals surface area contributed by atoms with E-state index in [-0.39, 0.29) is 5.57 Å². The molecule has 3 heteroatoms. The zero-order valence-electron chi connectivity index (χ0n) is 9.80. The minimum atomic E-state index is -0.492. The van der Waals surface area contributed by atoms with Gasteiger partial charge in [-0.05, 0) is 20.3 Å². The van der Waals surface area contributed by atoms with Gasteiger partial charge in [0, 0.05) is 0 Å². The molecule has 0 saturated carbocycles. The van der Waals surface area contributed by atoms with E-state index < -0.39 is 5.97 Å². The monoisotopic (exact) mass is 209 g/mol. The van der Waals surface area contributed by atoms with E-state index in [1.807, 2.05) is 6.07 Å². The van der Waals surface area contributed by atoms with Gasteiger partial charge in [-0.3, -0.25) is 0 Å². The number of nitrogens with zero attached hydrogens (tertiary/aromatic N) is 1. The molecule has 0 amide bonds. The van der Waals surface area contributed by atoms with Gasteiger partial charge in [-0.15, -0.1) is 0 Å². The van der Waals surface area contributed by atoms with Crippen LogP contribution in [-0.4, -0.2) is 12.6 Å². The summed E-state index contributed by atoms with van der Waals surface area (Å²) in [6.07, 6.45) is 4.26. The largest absolute Gasteiger partial charge is 0.462 e. The maximum Gasteiger partial charge on any atom is 0.348 e. The van der Waals surface area contributed by atoms with Gasteiger partial charge in [0.2, 0.25) is 0 Å². The molecule has 0 aromatic rings. The molecule has 0 radical (unpaired) electrons. The summed E-state index contributed by atoms with van der Waals surface area (Å²) in [6.45, 7) is 6.01. The Hall–Kier alpha value is -1.30. The zero-order chi connectivity index (χ0) is 11.7. The summed E-state index contributed by atoms with van der Waals surface area (Å²) in [4.78, 5) is 11.3. The molecule has 0 rings (SSSR count). The molecular formula is C12H19NO2. The van der Waals surface area contributed by atoms with Crippen molar-refractivity contribution in [1.82, 2.24) is 0 Å². The average Bonchev–Trinajstić information content (AvgIpc) is 2.18. The first kappa shape index (κ1) is 13.7. The van der Waals surface area contributed by atoms with Crippen LogP contribution in [0, 0.1) is 11.3 Å². The summed E-state index contributed by atoms with van der Waals surface area (Å²) < 4.78 is 4.98. The van der Waals surface area contributed by atoms with Crippen LogP contribution in [-0.2, 0) is 9.53 Å². The second-order valence-electron chi connectivity index (χ2n) is 3.68. The Morgan fingerprint density at radius 2 is 1.93 bits per heavy atom. The van der Waals surface area contributed by atoms with Gasteiger partial charge in [0.25, 0.3) is 0 Å². The number of rotatable bonds is 6. The molecule has 0 heterocycles. The summed E-state index contributed by atoms with van der Waals surface area (Å²) >= 11 is 0. The standard InChI is InChI=1S/C12H19NO2/c1-4-5-6-7-8-15-12(14)11(9-13)10(2)3/h4-8H2,1-3H3. The van der Waals surface area contributed by atoms with E-state index >= 15 is 0 Å². The molecule has 0 fully saturated rings. The fourth-order valence-corrected chi connectivity index (χ4v) is 1.13. The van der Waals surface area contributed by atoms with Crippen molar-refractivity contribution in [3.8, 4) is 6.07 Å². The summed E-state index contributed by atoms with van der Waals surface area (Å²) in [5.74, 6) is -0.492. The van der Waals surface area contributed by atoms with Crippen LogP contribution in [0.1, 0.15) is 46.5 Å². The van der Waals surface area contributed by atoms with E-state index in [0.29, 0.717) is 12.2 Å². The molecule has 0 aliphatic heterocycles. The van der Waals surface area contributed by atoms with Gasteiger partial charge in [0.05, 0.1) is 6.61 Å². The number of carbonyl (C=O) groups is 1. The highest BCUT2D eigenvalue weighted by molar-refractivity contribution is 5.93. The number of unbranched alkanes of at least 4 members (excludes halogenated alkanes) is 3. The molecule has 0 aromatic carbocycles. The van der Waals surface area contributed by atoms with Crippen LogP contribution in [0.4, 0.5) is 0 Å². The van der Waals surface area contributed by atoms with E-state index in [4.69, 9.17) is 10.00 Å². The highest BCUT2D eigenvalue weighted by Gasteiger charge is 2.11. The lowest BCUT2D eigenvalue weighted by Crippen LogP contribution is -2.09. The quantitative estimate of drug-likeness (QED) is 0.292. The van der Waals surface area contributed by atoms with Gasteiger partial charge in [-0.2, -0.15) is 5.26 Å². The maximum atomic E-state index is 11.3. The molecule has 15 heavy (non-hydrogen) atoms. The second kappa shape index (κ2) is 8.05. The predicted octanol–water partition coefficient (Wildman–Crippen LogP) is 2.97. The fourth-order valence-electron chi connectivity index (χ4n) is 1.13. The molecule has 0 N–H and O–H groups in total. The molecule has 84 valence electrons. The van der Waals surface area contributed by atoms with Crippen molar-refractivity contribution in [2.24, 2.45) is 0 Å². The Kier molecular flexibility index (Phi) is 7.35. The van der Waals surface area contributed by atoms with Crippen LogP contribution in [0.5, 0.6) is 0 Å². The Bertz CT molecular complexity index is 270. The van der Waals surface area contributed by atoms with Gasteiger partial charge in [-0.25, -0.2) is 4.79 Å². The Morgan fingerprint density at radius 3 is 2.40 bits per heavy atom. The van der Waals surface area contributed by atoms with Gasteiger partial charge < -0.3 is 4.74 Å². The Balaban J connectivity index is 3.85. The zero-order valence-corrected chi connectivity index (χ0v) is 9.80. The van der Waals surface area contributed by atoms with Crippen molar-refractivity contribution in [2.75, 3.05) is 6.61 Å². The lowest BCUT2D eigenvalue weighted by molar-refractivity contribution is -0.138. The van der Waals surface area contributed by atoms with E-state index in [1.165, 1.54) is 0 Å². The maximum absolute atomic E-state index is 11.3. The summed E-state index contributed by atoms with van der Waals surface area (Å²) in [5.41, 5.74) is 0.835. The van der Waals surface area contributed by atoms with Gasteiger partial charge in [-0.1, -0.05) is 31.8 Å². The van der Waals surface area contributed by atoms with Crippen molar-refractivity contribution >= 4 is 5.97 Å². The minimum absolute atomic E-state index is 0.130. The highest BCUT2D eigenvalue weighted by atomic mass is 16.5. The third kappa shape index (κ3) is 5.90. The molecule has 0 unspecified atom stereocenters. The molecular weight excluding hydrogens is 190 g/mol. The molecule has 0 aliphatic carbocycles. The van der Waals surface area contributed by atoms with E-state index in [2.05, 4.69) is 6.92 Å². The number of carbonyl (C=O) groups excluding carboxylic acids is 1. The highest BCUT2D eigenvalue weighted by Crippen LogP contribution is 2.05. The molecule has 0 bridgehead atoms. The van der Waals surface area contributed by atoms with Crippen LogP contribution in [0.15, 0.2) is 11.1 Å². The van der Waals surface area contributed by atoms with Crippen LogP contribution in [0.25, 0.3) is 0 Å². The number of ether oxygens (including phenoxy) is 1. The smallest absolute Gasteiger partial charge is 0.348 e. The minimum Gasteiger partial charge on any atom is -0.462 e. The molecule has 0 aliphatic rings. The normalized spacial score (nSPS) is 9.20. The lowest BCUT2D eigenvalue weighted by atomic mass is 10.2. The lowest BCUT2D eigenvalue weighted by Gasteiger charge is -2.04. The van der Waals surface area contributed by atoms with Crippen molar-refractivity contribution in [3.05, 3.63) is 11.1 Å². The van der Waals surface area contributed by atoms with Crippen molar-refractivity contribution in [2.45, 2.75) is 46.5 Å². The first-order valence-corrected chi connectivity index (χ1v) is 5.38. The number of nitriles is 1. The van der Waals surface area contributed by atoms with Gasteiger partial charge >= 0.3 is 5.97 Å². The van der Waals surface area contributed by atoms with Crippen LogP contribution < -0.4 is 0 Å². The van der Waals surface area contributed by atoms with E-state index in [0.717, 1.165) is 25.7 Å². The van der Waals surface area contributed by atoms with E-state index in [9.17, 15) is 4.79 Å². The Labute approximate surface area is 91.7 Å². The number of allylic oxidation sites excluding steroid dienone is 1. The SMILES string of the molecule is CCCCCCOC(=O)C(C#N)=C(C)C. The molecule has 0 atom stereocenters. The van der Waals surface area contributed by atoms with E-state index in [1.54, 1.807) is 13.8 Å². The third-order valence-electron chi connectivity index (χ3n) is 2.05. The predicted molar refractivity (Wildman–Crippen MR) is 59.1 cm³/mol. The summed E-state index contributed by atoms with van der Waals surface area (Å²) in [5, 5.41) is 8.70.